The van der Waals surface area contributed by atoms with Crippen molar-refractivity contribution in [3.8, 4) is 0 Å². The van der Waals surface area contributed by atoms with Gasteiger partial charge in [-0.2, -0.15) is 0 Å². The van der Waals surface area contributed by atoms with E-state index >= 15 is 0 Å². The van der Waals surface area contributed by atoms with E-state index in [1.807, 2.05) is 12.1 Å². The zero-order valence-corrected chi connectivity index (χ0v) is 9.96. The average molecular weight is 236 g/mol. The summed E-state index contributed by atoms with van der Waals surface area (Å²) >= 11 is 6.15. The Morgan fingerprint density at radius 1 is 1.50 bits per heavy atom. The summed E-state index contributed by atoms with van der Waals surface area (Å²) in [6.07, 6.45) is 2.39. The predicted octanol–water partition coefficient (Wildman–Crippen LogP) is 2.65. The number of nitrogens with zero attached hydrogens (tertiary/aromatic N) is 2. The zero-order valence-electron chi connectivity index (χ0n) is 9.20. The summed E-state index contributed by atoms with van der Waals surface area (Å²) in [5, 5.41) is 4.20. The van der Waals surface area contributed by atoms with E-state index in [1.165, 1.54) is 6.42 Å². The van der Waals surface area contributed by atoms with E-state index in [0.29, 0.717) is 6.04 Å². The van der Waals surface area contributed by atoms with Crippen LogP contribution in [0.3, 0.4) is 0 Å². The summed E-state index contributed by atoms with van der Waals surface area (Å²) in [5.41, 5.74) is 2.02. The number of imidazole rings is 1. The standard InChI is InChI=1S/C12H14ClN3/c1-16-10-6-2-4-8(13)11(10)15-12(16)9-5-3-7-14-9/h2,4,6,9,14H,3,5,7H2,1H3/t9-/m0/s1. The molecule has 3 nitrogen and oxygen atoms in total. The van der Waals surface area contributed by atoms with E-state index in [1.54, 1.807) is 0 Å². The fourth-order valence-corrected chi connectivity index (χ4v) is 2.63. The van der Waals surface area contributed by atoms with Crippen LogP contribution in [0.4, 0.5) is 0 Å². The van der Waals surface area contributed by atoms with Gasteiger partial charge < -0.3 is 9.88 Å². The number of aromatic nitrogens is 2. The topological polar surface area (TPSA) is 29.9 Å². The number of aryl methyl sites for hydroxylation is 1. The van der Waals surface area contributed by atoms with E-state index in [4.69, 9.17) is 11.6 Å². The Morgan fingerprint density at radius 3 is 3.06 bits per heavy atom. The average Bonchev–Trinajstić information content (AvgIpc) is 2.88. The minimum Gasteiger partial charge on any atom is -0.330 e. The van der Waals surface area contributed by atoms with Gasteiger partial charge in [0.25, 0.3) is 0 Å². The quantitative estimate of drug-likeness (QED) is 0.824. The number of hydrogen-bond acceptors (Lipinski definition) is 2. The van der Waals surface area contributed by atoms with Crippen molar-refractivity contribution in [1.29, 1.82) is 0 Å². The molecule has 0 spiro atoms. The minimum absolute atomic E-state index is 0.383. The SMILES string of the molecule is Cn1c([C@@H]2CCCN2)nc2c(Cl)cccc21. The lowest BCUT2D eigenvalue weighted by atomic mass is 10.2. The highest BCUT2D eigenvalue weighted by Crippen LogP contribution is 2.28. The Bertz CT molecular complexity index is 526. The molecule has 16 heavy (non-hydrogen) atoms. The van der Waals surface area contributed by atoms with Gasteiger partial charge in [-0.25, -0.2) is 4.98 Å². The van der Waals surface area contributed by atoms with Crippen LogP contribution in [-0.4, -0.2) is 16.1 Å². The highest BCUT2D eigenvalue weighted by atomic mass is 35.5. The first-order valence-corrected chi connectivity index (χ1v) is 5.99. The molecule has 4 heteroatoms. The molecule has 2 aromatic rings. The molecule has 1 saturated heterocycles. The first-order valence-electron chi connectivity index (χ1n) is 5.61. The van der Waals surface area contributed by atoms with Crippen LogP contribution < -0.4 is 5.32 Å². The van der Waals surface area contributed by atoms with Crippen LogP contribution in [0, 0.1) is 0 Å². The van der Waals surface area contributed by atoms with Crippen molar-refractivity contribution in [1.82, 2.24) is 14.9 Å². The molecule has 1 aliphatic heterocycles. The molecular formula is C12H14ClN3. The van der Waals surface area contributed by atoms with Crippen molar-refractivity contribution >= 4 is 22.6 Å². The summed E-state index contributed by atoms with van der Waals surface area (Å²) in [4.78, 5) is 4.66. The second-order valence-corrected chi connectivity index (χ2v) is 4.69. The van der Waals surface area contributed by atoms with Gasteiger partial charge >= 0.3 is 0 Å². The molecule has 0 amide bonds. The lowest BCUT2D eigenvalue weighted by molar-refractivity contribution is 0.584. The van der Waals surface area contributed by atoms with Gasteiger partial charge in [0.05, 0.1) is 16.6 Å². The second kappa shape index (κ2) is 3.75. The second-order valence-electron chi connectivity index (χ2n) is 4.29. The van der Waals surface area contributed by atoms with Crippen molar-refractivity contribution in [3.05, 3.63) is 29.0 Å². The van der Waals surface area contributed by atoms with Gasteiger partial charge in [-0.1, -0.05) is 17.7 Å². The van der Waals surface area contributed by atoms with Gasteiger partial charge in [0.1, 0.15) is 11.3 Å². The Labute approximate surface area is 99.4 Å². The summed E-state index contributed by atoms with van der Waals surface area (Å²) in [5.74, 6) is 1.10. The molecule has 0 saturated carbocycles. The van der Waals surface area contributed by atoms with Gasteiger partial charge in [0.15, 0.2) is 0 Å². The van der Waals surface area contributed by atoms with Crippen molar-refractivity contribution < 1.29 is 0 Å². The minimum atomic E-state index is 0.383. The molecule has 0 aliphatic carbocycles. The van der Waals surface area contributed by atoms with E-state index < -0.39 is 0 Å². The van der Waals surface area contributed by atoms with Crippen LogP contribution in [0.1, 0.15) is 24.7 Å². The molecule has 0 bridgehead atoms. The molecule has 0 unspecified atom stereocenters. The van der Waals surface area contributed by atoms with Gasteiger partial charge in [0, 0.05) is 7.05 Å². The fraction of sp³-hybridized carbons (Fsp3) is 0.417. The Morgan fingerprint density at radius 2 is 2.38 bits per heavy atom. The van der Waals surface area contributed by atoms with E-state index in [2.05, 4.69) is 28.0 Å². The predicted molar refractivity (Wildman–Crippen MR) is 65.7 cm³/mol. The first kappa shape index (κ1) is 10.1. The molecule has 2 heterocycles. The number of fused-ring (bicyclic) bond motifs is 1. The Kier molecular flexibility index (Phi) is 2.37. The molecule has 3 rings (SSSR count). The number of rotatable bonds is 1. The molecular weight excluding hydrogens is 222 g/mol. The third-order valence-corrected chi connectivity index (χ3v) is 3.57. The lowest BCUT2D eigenvalue weighted by Gasteiger charge is -2.09. The smallest absolute Gasteiger partial charge is 0.126 e. The third kappa shape index (κ3) is 1.43. The number of benzene rings is 1. The monoisotopic (exact) mass is 235 g/mol. The highest BCUT2D eigenvalue weighted by Gasteiger charge is 2.22. The zero-order chi connectivity index (χ0) is 11.1. The lowest BCUT2D eigenvalue weighted by Crippen LogP contribution is -2.16. The molecule has 1 atom stereocenters. The van der Waals surface area contributed by atoms with Gasteiger partial charge in [-0.3, -0.25) is 0 Å². The van der Waals surface area contributed by atoms with Gasteiger partial charge in [-0.15, -0.1) is 0 Å². The summed E-state index contributed by atoms with van der Waals surface area (Å²) < 4.78 is 2.14. The van der Waals surface area contributed by atoms with E-state index in [0.717, 1.165) is 34.8 Å². The molecule has 1 aromatic heterocycles. The molecule has 1 aromatic carbocycles. The number of hydrogen-bond donors (Lipinski definition) is 1. The molecule has 0 radical (unpaired) electrons. The largest absolute Gasteiger partial charge is 0.330 e. The first-order chi connectivity index (χ1) is 7.77. The van der Waals surface area contributed by atoms with Crippen molar-refractivity contribution in [2.75, 3.05) is 6.54 Å². The normalized spacial score (nSPS) is 20.8. The maximum Gasteiger partial charge on any atom is 0.126 e. The van der Waals surface area contributed by atoms with E-state index in [-0.39, 0.29) is 0 Å². The van der Waals surface area contributed by atoms with Crippen molar-refractivity contribution in [2.24, 2.45) is 7.05 Å². The van der Waals surface area contributed by atoms with Crippen LogP contribution in [-0.2, 0) is 7.05 Å². The highest BCUT2D eigenvalue weighted by molar-refractivity contribution is 6.34. The summed E-state index contributed by atoms with van der Waals surface area (Å²) in [6.45, 7) is 1.08. The fourth-order valence-electron chi connectivity index (χ4n) is 2.41. The Balaban J connectivity index is 2.18. The number of halogens is 1. The van der Waals surface area contributed by atoms with Gasteiger partial charge in [0.2, 0.25) is 0 Å². The van der Waals surface area contributed by atoms with Crippen LogP contribution in [0.5, 0.6) is 0 Å². The number of para-hydroxylation sites is 1. The van der Waals surface area contributed by atoms with Crippen molar-refractivity contribution in [2.45, 2.75) is 18.9 Å². The van der Waals surface area contributed by atoms with Crippen LogP contribution in [0.2, 0.25) is 5.02 Å². The summed E-state index contributed by atoms with van der Waals surface area (Å²) in [6, 6.07) is 6.31. The maximum atomic E-state index is 6.15. The van der Waals surface area contributed by atoms with Crippen LogP contribution in [0.25, 0.3) is 11.0 Å². The Hall–Kier alpha value is -1.06. The van der Waals surface area contributed by atoms with Crippen LogP contribution >= 0.6 is 11.6 Å². The summed E-state index contributed by atoms with van der Waals surface area (Å²) in [7, 11) is 2.06. The molecule has 1 aliphatic rings. The third-order valence-electron chi connectivity index (χ3n) is 3.27. The maximum absolute atomic E-state index is 6.15. The molecule has 1 N–H and O–H groups in total. The molecule has 1 fully saturated rings. The van der Waals surface area contributed by atoms with Crippen molar-refractivity contribution in [3.63, 3.8) is 0 Å². The number of nitrogens with one attached hydrogen (secondary N) is 1. The molecule has 84 valence electrons. The van der Waals surface area contributed by atoms with Crippen LogP contribution in [0.15, 0.2) is 18.2 Å². The van der Waals surface area contributed by atoms with Gasteiger partial charge in [-0.05, 0) is 31.5 Å². The van der Waals surface area contributed by atoms with E-state index in [9.17, 15) is 0 Å².